The molecule has 0 aromatic heterocycles. The van der Waals surface area contributed by atoms with Crippen LogP contribution in [-0.2, 0) is 4.74 Å². The molecule has 0 radical (unpaired) electrons. The van der Waals surface area contributed by atoms with Gasteiger partial charge in [0.15, 0.2) is 0 Å². The van der Waals surface area contributed by atoms with Gasteiger partial charge in [-0.15, -0.1) is 0 Å². The third kappa shape index (κ3) is 4.84. The molecule has 0 aliphatic heterocycles. The Morgan fingerprint density at radius 2 is 1.94 bits per heavy atom. The van der Waals surface area contributed by atoms with E-state index < -0.39 is 0 Å². The average Bonchev–Trinajstić information content (AvgIpc) is 2.18. The Balaban J connectivity index is 2.22. The lowest BCUT2D eigenvalue weighted by atomic mass is 9.81. The fraction of sp³-hybridized carbons (Fsp3) is 1.00. The summed E-state index contributed by atoms with van der Waals surface area (Å²) in [6, 6.07) is 1.27. The molecule has 0 aromatic carbocycles. The SMILES string of the molecule is COCCC(NC(C)CC1CCC1)C(C)C. The van der Waals surface area contributed by atoms with Gasteiger partial charge in [-0.3, -0.25) is 0 Å². The van der Waals surface area contributed by atoms with Gasteiger partial charge in [-0.1, -0.05) is 33.1 Å². The first-order chi connectivity index (χ1) is 7.63. The van der Waals surface area contributed by atoms with Gasteiger partial charge in [-0.2, -0.15) is 0 Å². The van der Waals surface area contributed by atoms with Crippen molar-refractivity contribution in [3.8, 4) is 0 Å². The van der Waals surface area contributed by atoms with E-state index in [1.54, 1.807) is 7.11 Å². The summed E-state index contributed by atoms with van der Waals surface area (Å²) in [4.78, 5) is 0. The Morgan fingerprint density at radius 3 is 2.38 bits per heavy atom. The normalized spacial score (nSPS) is 20.8. The number of nitrogens with one attached hydrogen (secondary N) is 1. The molecule has 0 aromatic rings. The summed E-state index contributed by atoms with van der Waals surface area (Å²) >= 11 is 0. The molecule has 0 heterocycles. The Bertz CT molecular complexity index is 178. The third-order valence-corrected chi connectivity index (χ3v) is 3.85. The van der Waals surface area contributed by atoms with E-state index in [0.717, 1.165) is 18.9 Å². The van der Waals surface area contributed by atoms with E-state index in [2.05, 4.69) is 26.1 Å². The van der Waals surface area contributed by atoms with Crippen molar-refractivity contribution >= 4 is 0 Å². The quantitative estimate of drug-likeness (QED) is 0.687. The van der Waals surface area contributed by atoms with Crippen LogP contribution < -0.4 is 5.32 Å². The first kappa shape index (κ1) is 14.0. The van der Waals surface area contributed by atoms with Crippen molar-refractivity contribution < 1.29 is 4.74 Å². The molecule has 0 spiro atoms. The number of ether oxygens (including phenoxy) is 1. The number of rotatable bonds is 8. The summed E-state index contributed by atoms with van der Waals surface area (Å²) in [5.74, 6) is 1.69. The van der Waals surface area contributed by atoms with E-state index >= 15 is 0 Å². The minimum Gasteiger partial charge on any atom is -0.385 e. The maximum atomic E-state index is 5.18. The second-order valence-electron chi connectivity index (χ2n) is 5.73. The molecule has 1 saturated carbocycles. The van der Waals surface area contributed by atoms with E-state index in [4.69, 9.17) is 4.74 Å². The molecule has 1 N–H and O–H groups in total. The Labute approximate surface area is 101 Å². The largest absolute Gasteiger partial charge is 0.385 e. The fourth-order valence-corrected chi connectivity index (χ4v) is 2.52. The summed E-state index contributed by atoms with van der Waals surface area (Å²) in [5, 5.41) is 3.77. The molecule has 2 heteroatoms. The highest BCUT2D eigenvalue weighted by Crippen LogP contribution is 2.30. The molecule has 2 atom stereocenters. The van der Waals surface area contributed by atoms with E-state index in [9.17, 15) is 0 Å². The predicted octanol–water partition coefficient (Wildman–Crippen LogP) is 3.22. The standard InChI is InChI=1S/C14H29NO/c1-11(2)14(8-9-16-4)15-12(3)10-13-6-5-7-13/h11-15H,5-10H2,1-4H3. The smallest absolute Gasteiger partial charge is 0.0477 e. The van der Waals surface area contributed by atoms with Crippen LogP contribution in [-0.4, -0.2) is 25.8 Å². The van der Waals surface area contributed by atoms with Crippen LogP contribution >= 0.6 is 0 Å². The minimum absolute atomic E-state index is 0.607. The molecule has 2 nitrogen and oxygen atoms in total. The molecule has 16 heavy (non-hydrogen) atoms. The summed E-state index contributed by atoms with van der Waals surface area (Å²) in [6.07, 6.45) is 6.85. The van der Waals surface area contributed by atoms with E-state index in [-0.39, 0.29) is 0 Å². The van der Waals surface area contributed by atoms with Gasteiger partial charge in [0.1, 0.15) is 0 Å². The van der Waals surface area contributed by atoms with Gasteiger partial charge in [-0.05, 0) is 31.6 Å². The van der Waals surface area contributed by atoms with Gasteiger partial charge >= 0.3 is 0 Å². The van der Waals surface area contributed by atoms with Crippen LogP contribution in [0, 0.1) is 11.8 Å². The van der Waals surface area contributed by atoms with Crippen LogP contribution in [0.4, 0.5) is 0 Å². The second kappa shape index (κ2) is 7.29. The van der Waals surface area contributed by atoms with Crippen molar-refractivity contribution in [2.24, 2.45) is 11.8 Å². The van der Waals surface area contributed by atoms with Crippen molar-refractivity contribution in [2.75, 3.05) is 13.7 Å². The highest BCUT2D eigenvalue weighted by atomic mass is 16.5. The van der Waals surface area contributed by atoms with Gasteiger partial charge in [0, 0.05) is 25.8 Å². The second-order valence-corrected chi connectivity index (χ2v) is 5.73. The molecular formula is C14H29NO. The Hall–Kier alpha value is -0.0800. The van der Waals surface area contributed by atoms with Crippen LogP contribution in [0.5, 0.6) is 0 Å². The molecule has 1 aliphatic rings. The van der Waals surface area contributed by atoms with Crippen molar-refractivity contribution in [3.05, 3.63) is 0 Å². The minimum atomic E-state index is 0.607. The summed E-state index contributed by atoms with van der Waals surface area (Å²) in [5.41, 5.74) is 0. The third-order valence-electron chi connectivity index (χ3n) is 3.85. The average molecular weight is 227 g/mol. The molecule has 2 unspecified atom stereocenters. The van der Waals surface area contributed by atoms with E-state index in [1.807, 2.05) is 0 Å². The topological polar surface area (TPSA) is 21.3 Å². The van der Waals surface area contributed by atoms with Crippen LogP contribution in [0.1, 0.15) is 52.9 Å². The maximum absolute atomic E-state index is 5.18. The molecule has 1 aliphatic carbocycles. The van der Waals surface area contributed by atoms with Gasteiger partial charge in [-0.25, -0.2) is 0 Å². The fourth-order valence-electron chi connectivity index (χ4n) is 2.52. The summed E-state index contributed by atoms with van der Waals surface area (Å²) < 4.78 is 5.18. The molecule has 96 valence electrons. The molecule has 1 rings (SSSR count). The molecule has 1 fully saturated rings. The summed E-state index contributed by atoms with van der Waals surface area (Å²) in [6.45, 7) is 7.79. The number of hydrogen-bond acceptors (Lipinski definition) is 2. The monoisotopic (exact) mass is 227 g/mol. The summed E-state index contributed by atoms with van der Waals surface area (Å²) in [7, 11) is 1.79. The van der Waals surface area contributed by atoms with Crippen molar-refractivity contribution in [1.29, 1.82) is 0 Å². The lowest BCUT2D eigenvalue weighted by molar-refractivity contribution is 0.166. The van der Waals surface area contributed by atoms with Crippen molar-refractivity contribution in [2.45, 2.75) is 65.0 Å². The maximum Gasteiger partial charge on any atom is 0.0477 e. The highest BCUT2D eigenvalue weighted by molar-refractivity contribution is 4.79. The number of hydrogen-bond donors (Lipinski definition) is 1. The highest BCUT2D eigenvalue weighted by Gasteiger charge is 2.22. The molecular weight excluding hydrogens is 198 g/mol. The Morgan fingerprint density at radius 1 is 1.25 bits per heavy atom. The van der Waals surface area contributed by atoms with Crippen molar-refractivity contribution in [3.63, 3.8) is 0 Å². The Kier molecular flexibility index (Phi) is 6.37. The zero-order valence-electron chi connectivity index (χ0n) is 11.5. The molecule has 0 saturated heterocycles. The van der Waals surface area contributed by atoms with Crippen LogP contribution in [0.15, 0.2) is 0 Å². The van der Waals surface area contributed by atoms with Gasteiger partial charge in [0.05, 0.1) is 0 Å². The first-order valence-electron chi connectivity index (χ1n) is 6.88. The number of methoxy groups -OCH3 is 1. The van der Waals surface area contributed by atoms with Crippen LogP contribution in [0.2, 0.25) is 0 Å². The van der Waals surface area contributed by atoms with E-state index in [0.29, 0.717) is 18.0 Å². The van der Waals surface area contributed by atoms with Gasteiger partial charge in [0.2, 0.25) is 0 Å². The van der Waals surface area contributed by atoms with E-state index in [1.165, 1.54) is 25.7 Å². The van der Waals surface area contributed by atoms with Crippen LogP contribution in [0.3, 0.4) is 0 Å². The first-order valence-corrected chi connectivity index (χ1v) is 6.88. The lowest BCUT2D eigenvalue weighted by Gasteiger charge is -2.32. The zero-order chi connectivity index (χ0) is 12.0. The van der Waals surface area contributed by atoms with Crippen molar-refractivity contribution in [1.82, 2.24) is 5.32 Å². The van der Waals surface area contributed by atoms with Crippen LogP contribution in [0.25, 0.3) is 0 Å². The predicted molar refractivity (Wildman–Crippen MR) is 69.7 cm³/mol. The van der Waals surface area contributed by atoms with Gasteiger partial charge in [0.25, 0.3) is 0 Å². The molecule has 0 amide bonds. The zero-order valence-corrected chi connectivity index (χ0v) is 11.5. The van der Waals surface area contributed by atoms with Gasteiger partial charge < -0.3 is 10.1 Å². The lowest BCUT2D eigenvalue weighted by Crippen LogP contribution is -2.42. The molecule has 0 bridgehead atoms.